The van der Waals surface area contributed by atoms with Gasteiger partial charge in [0.05, 0.1) is 28.5 Å². The maximum Gasteiger partial charge on any atom is 0.271 e. The highest BCUT2D eigenvalue weighted by Crippen LogP contribution is 2.31. The number of anilines is 2. The summed E-state index contributed by atoms with van der Waals surface area (Å²) < 4.78 is 7.81. The minimum absolute atomic E-state index is 0.188. The van der Waals surface area contributed by atoms with Gasteiger partial charge < -0.3 is 15.0 Å². The van der Waals surface area contributed by atoms with E-state index >= 15 is 0 Å². The van der Waals surface area contributed by atoms with Crippen LogP contribution in [0.5, 0.6) is 5.75 Å². The van der Waals surface area contributed by atoms with E-state index in [9.17, 15) is 9.59 Å². The number of para-hydroxylation sites is 1. The van der Waals surface area contributed by atoms with Gasteiger partial charge in [0.2, 0.25) is 0 Å². The molecular weight excluding hydrogens is 508 g/mol. The summed E-state index contributed by atoms with van der Waals surface area (Å²) in [5, 5.41) is 2.98. The van der Waals surface area contributed by atoms with Crippen molar-refractivity contribution in [3.8, 4) is 5.75 Å². The van der Waals surface area contributed by atoms with Gasteiger partial charge in [-0.15, -0.1) is 0 Å². The third-order valence-corrected chi connectivity index (χ3v) is 7.49. The molecule has 0 fully saturated rings. The Kier molecular flexibility index (Phi) is 7.47. The zero-order chi connectivity index (χ0) is 27.5. The fraction of sp³-hybridized carbons (Fsp3) is 0.194. The molecule has 0 bridgehead atoms. The highest BCUT2D eigenvalue weighted by molar-refractivity contribution is 7.07. The lowest BCUT2D eigenvalue weighted by molar-refractivity contribution is -0.113. The van der Waals surface area contributed by atoms with Crippen LogP contribution in [0.25, 0.3) is 6.08 Å². The van der Waals surface area contributed by atoms with Crippen molar-refractivity contribution in [2.45, 2.75) is 19.9 Å². The first kappa shape index (κ1) is 26.2. The van der Waals surface area contributed by atoms with Crippen LogP contribution in [0.1, 0.15) is 31.0 Å². The normalized spacial score (nSPS) is 15.0. The van der Waals surface area contributed by atoms with Gasteiger partial charge in [0.1, 0.15) is 5.75 Å². The molecule has 1 aliphatic heterocycles. The molecule has 1 aromatic heterocycles. The molecule has 7 nitrogen and oxygen atoms in total. The SMILES string of the molecule is CCOc1ccc([C@@H]2C(C(=O)Nc3ccccc3)=C(C)N=c3s/c(=C\c4ccc(N(C)C)cc4)c(=O)n32)cc1. The molecule has 0 saturated carbocycles. The summed E-state index contributed by atoms with van der Waals surface area (Å²) in [5.41, 5.74) is 4.28. The molecule has 0 saturated heterocycles. The number of carbonyl (C=O) groups is 1. The van der Waals surface area contributed by atoms with E-state index in [1.165, 1.54) is 11.3 Å². The number of ether oxygens (including phenoxy) is 1. The van der Waals surface area contributed by atoms with Gasteiger partial charge in [0, 0.05) is 25.5 Å². The second-order valence-corrected chi connectivity index (χ2v) is 10.4. The summed E-state index contributed by atoms with van der Waals surface area (Å²) in [6, 6.07) is 24.2. The lowest BCUT2D eigenvalue weighted by Gasteiger charge is -2.25. The van der Waals surface area contributed by atoms with Crippen LogP contribution in [0.4, 0.5) is 11.4 Å². The van der Waals surface area contributed by atoms with E-state index < -0.39 is 6.04 Å². The Morgan fingerprint density at radius 2 is 1.74 bits per heavy atom. The van der Waals surface area contributed by atoms with E-state index in [4.69, 9.17) is 9.73 Å². The quantitative estimate of drug-likeness (QED) is 0.380. The van der Waals surface area contributed by atoms with Crippen LogP contribution < -0.4 is 29.8 Å². The highest BCUT2D eigenvalue weighted by atomic mass is 32.1. The molecule has 1 amide bonds. The number of aromatic nitrogens is 1. The molecule has 4 aromatic rings. The van der Waals surface area contributed by atoms with Gasteiger partial charge >= 0.3 is 0 Å². The molecule has 39 heavy (non-hydrogen) atoms. The largest absolute Gasteiger partial charge is 0.494 e. The molecule has 0 aliphatic carbocycles. The van der Waals surface area contributed by atoms with Crippen LogP contribution in [0.15, 0.2) is 99.9 Å². The zero-order valence-electron chi connectivity index (χ0n) is 22.3. The Morgan fingerprint density at radius 3 is 2.38 bits per heavy atom. The van der Waals surface area contributed by atoms with Crippen molar-refractivity contribution < 1.29 is 9.53 Å². The van der Waals surface area contributed by atoms with Crippen LogP contribution in [0, 0.1) is 0 Å². The maximum absolute atomic E-state index is 13.9. The molecule has 1 atom stereocenters. The third kappa shape index (κ3) is 5.42. The smallest absolute Gasteiger partial charge is 0.271 e. The number of rotatable bonds is 7. The van der Waals surface area contributed by atoms with Gasteiger partial charge in [-0.2, -0.15) is 0 Å². The van der Waals surface area contributed by atoms with Crippen molar-refractivity contribution in [1.29, 1.82) is 0 Å². The summed E-state index contributed by atoms with van der Waals surface area (Å²) >= 11 is 1.33. The summed E-state index contributed by atoms with van der Waals surface area (Å²) in [6.07, 6.45) is 1.88. The van der Waals surface area contributed by atoms with E-state index in [0.29, 0.717) is 32.9 Å². The summed E-state index contributed by atoms with van der Waals surface area (Å²) in [7, 11) is 3.98. The maximum atomic E-state index is 13.9. The minimum atomic E-state index is -0.640. The van der Waals surface area contributed by atoms with Gasteiger partial charge in [-0.25, -0.2) is 4.99 Å². The molecule has 8 heteroatoms. The zero-order valence-corrected chi connectivity index (χ0v) is 23.2. The fourth-order valence-corrected chi connectivity index (χ4v) is 5.63. The molecule has 1 N–H and O–H groups in total. The van der Waals surface area contributed by atoms with Gasteiger partial charge in [-0.1, -0.05) is 53.8 Å². The molecule has 0 spiro atoms. The first-order valence-electron chi connectivity index (χ1n) is 12.7. The first-order chi connectivity index (χ1) is 18.9. The number of hydrogen-bond acceptors (Lipinski definition) is 6. The molecule has 3 aromatic carbocycles. The average molecular weight is 539 g/mol. The van der Waals surface area contributed by atoms with Crippen molar-refractivity contribution >= 4 is 34.7 Å². The lowest BCUT2D eigenvalue weighted by atomic mass is 9.95. The van der Waals surface area contributed by atoms with E-state index in [0.717, 1.165) is 22.6 Å². The summed E-state index contributed by atoms with van der Waals surface area (Å²) in [5.74, 6) is 0.431. The van der Waals surface area contributed by atoms with E-state index in [2.05, 4.69) is 5.32 Å². The van der Waals surface area contributed by atoms with Gasteiger partial charge in [0.15, 0.2) is 4.80 Å². The topological polar surface area (TPSA) is 75.9 Å². The molecule has 2 heterocycles. The second-order valence-electron chi connectivity index (χ2n) is 9.39. The summed E-state index contributed by atoms with van der Waals surface area (Å²) in [6.45, 7) is 4.30. The van der Waals surface area contributed by atoms with Crippen molar-refractivity contribution in [3.63, 3.8) is 0 Å². The monoisotopic (exact) mass is 538 g/mol. The molecule has 0 unspecified atom stereocenters. The van der Waals surface area contributed by atoms with Gasteiger partial charge in [0.25, 0.3) is 11.5 Å². The first-order valence-corrected chi connectivity index (χ1v) is 13.6. The lowest BCUT2D eigenvalue weighted by Crippen LogP contribution is -2.40. The van der Waals surface area contributed by atoms with E-state index in [1.807, 2.05) is 118 Å². The molecule has 1 aliphatic rings. The number of allylic oxidation sites excluding steroid dienone is 1. The molecule has 5 rings (SSSR count). The van der Waals surface area contributed by atoms with Crippen molar-refractivity contribution in [1.82, 2.24) is 4.57 Å². The van der Waals surface area contributed by atoms with Crippen molar-refractivity contribution in [2.24, 2.45) is 4.99 Å². The van der Waals surface area contributed by atoms with Crippen LogP contribution in [-0.4, -0.2) is 31.2 Å². The van der Waals surface area contributed by atoms with Gasteiger partial charge in [-0.05, 0) is 67.4 Å². The predicted octanol–water partition coefficient (Wildman–Crippen LogP) is 4.34. The Hall–Kier alpha value is -4.43. The standard InChI is InChI=1S/C31H30N4O3S/c1-5-38-25-17-13-22(14-18-25)28-27(29(36)33-23-9-7-6-8-10-23)20(2)32-31-35(28)30(37)26(39-31)19-21-11-15-24(16-12-21)34(3)4/h6-19,28H,5H2,1-4H3,(H,33,36)/b26-19-/t28-/m1/s1. The molecule has 0 radical (unpaired) electrons. The van der Waals surface area contributed by atoms with E-state index in [1.54, 1.807) is 4.57 Å². The van der Waals surface area contributed by atoms with Crippen LogP contribution in [0.3, 0.4) is 0 Å². The van der Waals surface area contributed by atoms with Crippen LogP contribution >= 0.6 is 11.3 Å². The number of hydrogen-bond donors (Lipinski definition) is 1. The van der Waals surface area contributed by atoms with Crippen molar-refractivity contribution in [3.05, 3.63) is 121 Å². The second kappa shape index (κ2) is 11.1. The number of nitrogens with zero attached hydrogens (tertiary/aromatic N) is 3. The van der Waals surface area contributed by atoms with Gasteiger partial charge in [-0.3, -0.25) is 14.2 Å². The number of carbonyl (C=O) groups excluding carboxylic acids is 1. The number of thiazole rings is 1. The fourth-order valence-electron chi connectivity index (χ4n) is 4.58. The number of amides is 1. The van der Waals surface area contributed by atoms with Crippen LogP contribution in [0.2, 0.25) is 0 Å². The van der Waals surface area contributed by atoms with Crippen molar-refractivity contribution in [2.75, 3.05) is 30.9 Å². The highest BCUT2D eigenvalue weighted by Gasteiger charge is 2.32. The Morgan fingerprint density at radius 1 is 1.05 bits per heavy atom. The number of nitrogens with one attached hydrogen (secondary N) is 1. The Balaban J connectivity index is 1.63. The Bertz CT molecular complexity index is 1700. The summed E-state index contributed by atoms with van der Waals surface area (Å²) in [4.78, 5) is 34.8. The number of fused-ring (bicyclic) bond motifs is 1. The number of benzene rings is 3. The van der Waals surface area contributed by atoms with Crippen LogP contribution in [-0.2, 0) is 4.79 Å². The molecule has 198 valence electrons. The Labute approximate surface area is 231 Å². The third-order valence-electron chi connectivity index (χ3n) is 6.51. The predicted molar refractivity (Wildman–Crippen MR) is 157 cm³/mol. The molecular formula is C31H30N4O3S. The average Bonchev–Trinajstić information content (AvgIpc) is 3.23. The minimum Gasteiger partial charge on any atom is -0.494 e. The van der Waals surface area contributed by atoms with E-state index in [-0.39, 0.29) is 11.5 Å².